The van der Waals surface area contributed by atoms with Crippen LogP contribution in [-0.4, -0.2) is 35.0 Å². The molecule has 1 atom stereocenters. The molecule has 1 aliphatic rings. The standard InChI is InChI=1S/C13H27N3/c1-6-7-8-15-10-14-16(12(4)5)13(15)9-11(2)3/h10-13H,6-9H2,1-5H3. The number of rotatable bonds is 6. The van der Waals surface area contributed by atoms with Crippen LogP contribution < -0.4 is 0 Å². The van der Waals surface area contributed by atoms with Gasteiger partial charge in [0.1, 0.15) is 12.5 Å². The van der Waals surface area contributed by atoms with E-state index in [4.69, 9.17) is 0 Å². The highest BCUT2D eigenvalue weighted by Gasteiger charge is 2.29. The normalized spacial score (nSPS) is 20.6. The Hall–Kier alpha value is -0.730. The third-order valence-electron chi connectivity index (χ3n) is 3.00. The van der Waals surface area contributed by atoms with Gasteiger partial charge in [0.2, 0.25) is 0 Å². The summed E-state index contributed by atoms with van der Waals surface area (Å²) in [6.45, 7) is 12.4. The second-order valence-corrected chi connectivity index (χ2v) is 5.41. The molecule has 0 amide bonds. The molecule has 3 nitrogen and oxygen atoms in total. The van der Waals surface area contributed by atoms with Crippen LogP contribution in [-0.2, 0) is 0 Å². The zero-order chi connectivity index (χ0) is 12.1. The van der Waals surface area contributed by atoms with Gasteiger partial charge in [0, 0.05) is 12.6 Å². The Bertz CT molecular complexity index is 223. The molecule has 0 aromatic rings. The zero-order valence-electron chi connectivity index (χ0n) is 11.5. The Balaban J connectivity index is 2.59. The lowest BCUT2D eigenvalue weighted by Crippen LogP contribution is -2.43. The number of nitrogens with zero attached hydrogens (tertiary/aromatic N) is 3. The summed E-state index contributed by atoms with van der Waals surface area (Å²) in [4.78, 5) is 2.41. The van der Waals surface area contributed by atoms with Crippen LogP contribution in [0.5, 0.6) is 0 Å². The molecule has 1 aliphatic heterocycles. The first kappa shape index (κ1) is 13.3. The Kier molecular flexibility index (Phi) is 5.10. The highest BCUT2D eigenvalue weighted by atomic mass is 15.6. The Morgan fingerprint density at radius 1 is 1.25 bits per heavy atom. The lowest BCUT2D eigenvalue weighted by molar-refractivity contribution is 0.0813. The van der Waals surface area contributed by atoms with E-state index in [1.165, 1.54) is 19.3 Å². The highest BCUT2D eigenvalue weighted by Crippen LogP contribution is 2.22. The van der Waals surface area contributed by atoms with E-state index < -0.39 is 0 Å². The van der Waals surface area contributed by atoms with Gasteiger partial charge in [-0.15, -0.1) is 0 Å². The third kappa shape index (κ3) is 3.39. The summed E-state index contributed by atoms with van der Waals surface area (Å²) in [7, 11) is 0. The van der Waals surface area contributed by atoms with E-state index in [9.17, 15) is 0 Å². The van der Waals surface area contributed by atoms with Crippen molar-refractivity contribution in [1.29, 1.82) is 0 Å². The summed E-state index contributed by atoms with van der Waals surface area (Å²) < 4.78 is 0. The summed E-state index contributed by atoms with van der Waals surface area (Å²) in [6, 6.07) is 0.492. The van der Waals surface area contributed by atoms with E-state index in [2.05, 4.69) is 49.6 Å². The molecular weight excluding hydrogens is 198 g/mol. The van der Waals surface area contributed by atoms with Crippen molar-refractivity contribution in [1.82, 2.24) is 9.91 Å². The van der Waals surface area contributed by atoms with Crippen LogP contribution in [0.25, 0.3) is 0 Å². The van der Waals surface area contributed by atoms with Gasteiger partial charge in [0.25, 0.3) is 0 Å². The molecule has 16 heavy (non-hydrogen) atoms. The zero-order valence-corrected chi connectivity index (χ0v) is 11.5. The smallest absolute Gasteiger partial charge is 0.119 e. The summed E-state index contributed by atoms with van der Waals surface area (Å²) in [5.41, 5.74) is 0. The van der Waals surface area contributed by atoms with Gasteiger partial charge in [-0.2, -0.15) is 5.10 Å². The lowest BCUT2D eigenvalue weighted by Gasteiger charge is -2.34. The summed E-state index contributed by atoms with van der Waals surface area (Å²) in [5, 5.41) is 6.78. The maximum absolute atomic E-state index is 4.54. The average molecular weight is 225 g/mol. The van der Waals surface area contributed by atoms with Crippen molar-refractivity contribution in [3.63, 3.8) is 0 Å². The maximum atomic E-state index is 4.54. The van der Waals surface area contributed by atoms with Crippen molar-refractivity contribution in [3.8, 4) is 0 Å². The number of hydrogen-bond acceptors (Lipinski definition) is 3. The first-order valence-electron chi connectivity index (χ1n) is 6.64. The minimum atomic E-state index is 0.478. The highest BCUT2D eigenvalue weighted by molar-refractivity contribution is 5.57. The van der Waals surface area contributed by atoms with E-state index in [1.807, 2.05) is 6.34 Å². The van der Waals surface area contributed by atoms with Crippen molar-refractivity contribution in [2.45, 2.75) is 66.1 Å². The SMILES string of the molecule is CCCCN1C=NN(C(C)C)C1CC(C)C. The molecule has 0 spiro atoms. The van der Waals surface area contributed by atoms with Crippen LogP contribution in [0.3, 0.4) is 0 Å². The third-order valence-corrected chi connectivity index (χ3v) is 3.00. The molecule has 94 valence electrons. The van der Waals surface area contributed by atoms with Crippen molar-refractivity contribution in [3.05, 3.63) is 0 Å². The summed E-state index contributed by atoms with van der Waals surface area (Å²) in [5.74, 6) is 0.720. The lowest BCUT2D eigenvalue weighted by atomic mass is 10.1. The van der Waals surface area contributed by atoms with Gasteiger partial charge in [0.15, 0.2) is 0 Å². The molecule has 3 heteroatoms. The van der Waals surface area contributed by atoms with E-state index in [-0.39, 0.29) is 0 Å². The molecule has 0 saturated carbocycles. The first-order valence-corrected chi connectivity index (χ1v) is 6.64. The van der Waals surface area contributed by atoms with Gasteiger partial charge in [-0.05, 0) is 32.6 Å². The molecule has 0 radical (unpaired) electrons. The van der Waals surface area contributed by atoms with E-state index in [0.29, 0.717) is 12.2 Å². The number of hydrogen-bond donors (Lipinski definition) is 0. The second kappa shape index (κ2) is 6.12. The molecule has 0 aromatic carbocycles. The fraction of sp³-hybridized carbons (Fsp3) is 0.923. The predicted molar refractivity (Wildman–Crippen MR) is 70.3 cm³/mol. The fourth-order valence-electron chi connectivity index (χ4n) is 2.12. The molecule has 1 unspecified atom stereocenters. The molecule has 1 heterocycles. The minimum absolute atomic E-state index is 0.478. The quantitative estimate of drug-likeness (QED) is 0.691. The largest absolute Gasteiger partial charge is 0.339 e. The van der Waals surface area contributed by atoms with Crippen LogP contribution in [0.15, 0.2) is 5.10 Å². The molecule has 0 fully saturated rings. The number of hydrazone groups is 1. The Morgan fingerprint density at radius 2 is 1.94 bits per heavy atom. The van der Waals surface area contributed by atoms with Gasteiger partial charge in [-0.1, -0.05) is 27.2 Å². The van der Waals surface area contributed by atoms with Crippen LogP contribution in [0.2, 0.25) is 0 Å². The molecule has 0 saturated heterocycles. The van der Waals surface area contributed by atoms with E-state index in [1.54, 1.807) is 0 Å². The van der Waals surface area contributed by atoms with Gasteiger partial charge in [-0.3, -0.25) is 5.01 Å². The van der Waals surface area contributed by atoms with Gasteiger partial charge < -0.3 is 4.90 Å². The monoisotopic (exact) mass is 225 g/mol. The van der Waals surface area contributed by atoms with Crippen LogP contribution in [0, 0.1) is 5.92 Å². The van der Waals surface area contributed by atoms with Crippen LogP contribution in [0.1, 0.15) is 53.9 Å². The van der Waals surface area contributed by atoms with Crippen molar-refractivity contribution >= 4 is 6.34 Å². The molecular formula is C13H27N3. The van der Waals surface area contributed by atoms with Crippen LogP contribution in [0.4, 0.5) is 0 Å². The van der Waals surface area contributed by atoms with Gasteiger partial charge in [-0.25, -0.2) is 0 Å². The van der Waals surface area contributed by atoms with Crippen molar-refractivity contribution < 1.29 is 0 Å². The number of unbranched alkanes of at least 4 members (excludes halogenated alkanes) is 1. The Labute approximate surface area is 100 Å². The second-order valence-electron chi connectivity index (χ2n) is 5.41. The van der Waals surface area contributed by atoms with E-state index >= 15 is 0 Å². The van der Waals surface area contributed by atoms with Gasteiger partial charge in [0.05, 0.1) is 0 Å². The topological polar surface area (TPSA) is 18.8 Å². The van der Waals surface area contributed by atoms with Crippen molar-refractivity contribution in [2.75, 3.05) is 6.54 Å². The van der Waals surface area contributed by atoms with Crippen molar-refractivity contribution in [2.24, 2.45) is 11.0 Å². The van der Waals surface area contributed by atoms with Crippen LogP contribution >= 0.6 is 0 Å². The summed E-state index contributed by atoms with van der Waals surface area (Å²) >= 11 is 0. The molecule has 0 bridgehead atoms. The Morgan fingerprint density at radius 3 is 2.44 bits per heavy atom. The molecule has 1 rings (SSSR count). The molecule has 0 aliphatic carbocycles. The predicted octanol–water partition coefficient (Wildman–Crippen LogP) is 3.13. The minimum Gasteiger partial charge on any atom is -0.339 e. The molecule has 0 aromatic heterocycles. The molecule has 0 N–H and O–H groups in total. The average Bonchev–Trinajstić information content (AvgIpc) is 2.57. The van der Waals surface area contributed by atoms with Gasteiger partial charge >= 0.3 is 0 Å². The fourth-order valence-corrected chi connectivity index (χ4v) is 2.12. The summed E-state index contributed by atoms with van der Waals surface area (Å²) in [6.07, 6.45) is 6.21. The first-order chi connectivity index (χ1) is 7.56. The van der Waals surface area contributed by atoms with E-state index in [0.717, 1.165) is 12.5 Å². The maximum Gasteiger partial charge on any atom is 0.119 e.